The number of hydrogen-bond acceptors (Lipinski definition) is 6. The molecule has 0 radical (unpaired) electrons. The molecule has 1 aromatic carbocycles. The van der Waals surface area contributed by atoms with Gasteiger partial charge in [-0.15, -0.1) is 11.3 Å². The van der Waals surface area contributed by atoms with E-state index in [0.29, 0.717) is 4.70 Å². The summed E-state index contributed by atoms with van der Waals surface area (Å²) >= 11 is 0.866. The first-order valence-corrected chi connectivity index (χ1v) is 9.00. The molecule has 1 aromatic heterocycles. The summed E-state index contributed by atoms with van der Waals surface area (Å²) in [5.41, 5.74) is -0.280. The van der Waals surface area contributed by atoms with Gasteiger partial charge in [0.05, 0.1) is 11.0 Å². The number of aromatic hydroxyl groups is 1. The third-order valence-electron chi connectivity index (χ3n) is 3.93. The molecule has 1 heterocycles. The third-order valence-corrected chi connectivity index (χ3v) is 5.06. The van der Waals surface area contributed by atoms with Crippen LogP contribution in [-0.4, -0.2) is 27.2 Å². The lowest BCUT2D eigenvalue weighted by Crippen LogP contribution is -2.12. The van der Waals surface area contributed by atoms with E-state index in [1.807, 2.05) is 6.92 Å². The second-order valence-corrected chi connectivity index (χ2v) is 6.99. The minimum Gasteiger partial charge on any atom is -0.505 e. The highest BCUT2D eigenvalue weighted by Gasteiger charge is 2.24. The molecule has 8 heteroatoms. The Bertz CT molecular complexity index is 785. The number of nitro benzene ring substituents is 1. The number of nitrogens with zero attached hydrogens (tertiary/aromatic N) is 1. The van der Waals surface area contributed by atoms with Crippen LogP contribution in [0, 0.1) is 10.1 Å². The maximum atomic E-state index is 11.3. The average molecular weight is 367 g/mol. The quantitative estimate of drug-likeness (QED) is 0.368. The van der Waals surface area contributed by atoms with Crippen LogP contribution in [-0.2, 0) is 0 Å². The van der Waals surface area contributed by atoms with Crippen molar-refractivity contribution in [3.63, 3.8) is 0 Å². The lowest BCUT2D eigenvalue weighted by molar-refractivity contribution is -0.385. The molecule has 0 amide bonds. The summed E-state index contributed by atoms with van der Waals surface area (Å²) in [6.45, 7) is 3.98. The van der Waals surface area contributed by atoms with Gasteiger partial charge < -0.3 is 14.9 Å². The zero-order chi connectivity index (χ0) is 18.6. The molecule has 25 heavy (non-hydrogen) atoms. The first kappa shape index (κ1) is 19.0. The van der Waals surface area contributed by atoms with Crippen molar-refractivity contribution in [1.29, 1.82) is 0 Å². The van der Waals surface area contributed by atoms with Gasteiger partial charge in [-0.25, -0.2) is 4.79 Å². The second-order valence-electron chi connectivity index (χ2n) is 5.94. The lowest BCUT2D eigenvalue weighted by atomic mass is 10.1. The maximum Gasteiger partial charge on any atom is 0.349 e. The fraction of sp³-hybridized carbons (Fsp3) is 0.471. The van der Waals surface area contributed by atoms with Crippen molar-refractivity contribution < 1.29 is 24.7 Å². The van der Waals surface area contributed by atoms with E-state index in [0.717, 1.165) is 43.4 Å². The molecule has 0 saturated carbocycles. The SMILES string of the molecule is CCCCCCC(C)Oc1cc2sc(C(=O)O)c(O)c2cc1[N+](=O)[O-]. The molecule has 1 unspecified atom stereocenters. The number of unbranched alkanes of at least 4 members (excludes halogenated alkanes) is 3. The van der Waals surface area contributed by atoms with Crippen molar-refractivity contribution in [2.24, 2.45) is 0 Å². The Morgan fingerprint density at radius 3 is 2.68 bits per heavy atom. The van der Waals surface area contributed by atoms with E-state index in [4.69, 9.17) is 9.84 Å². The largest absolute Gasteiger partial charge is 0.505 e. The molecule has 0 bridgehead atoms. The van der Waals surface area contributed by atoms with Gasteiger partial charge in [0.25, 0.3) is 0 Å². The number of fused-ring (bicyclic) bond motifs is 1. The Morgan fingerprint density at radius 2 is 2.08 bits per heavy atom. The Morgan fingerprint density at radius 1 is 1.36 bits per heavy atom. The highest BCUT2D eigenvalue weighted by Crippen LogP contribution is 2.43. The fourth-order valence-electron chi connectivity index (χ4n) is 2.62. The summed E-state index contributed by atoms with van der Waals surface area (Å²) in [6, 6.07) is 2.61. The van der Waals surface area contributed by atoms with Crippen LogP contribution in [0.15, 0.2) is 12.1 Å². The summed E-state index contributed by atoms with van der Waals surface area (Å²) in [6.07, 6.45) is 4.93. The zero-order valence-corrected chi connectivity index (χ0v) is 15.0. The Labute approximate surface area is 149 Å². The Kier molecular flexibility index (Phi) is 6.19. The lowest BCUT2D eigenvalue weighted by Gasteiger charge is -2.14. The minimum atomic E-state index is -1.27. The summed E-state index contributed by atoms with van der Waals surface area (Å²) in [5, 5.41) is 30.5. The maximum absolute atomic E-state index is 11.3. The smallest absolute Gasteiger partial charge is 0.349 e. The van der Waals surface area contributed by atoms with E-state index in [1.54, 1.807) is 0 Å². The molecule has 0 spiro atoms. The van der Waals surface area contributed by atoms with Crippen LogP contribution in [0.25, 0.3) is 10.1 Å². The molecule has 2 rings (SSSR count). The summed E-state index contributed by atoms with van der Waals surface area (Å²) < 4.78 is 6.18. The van der Waals surface area contributed by atoms with Crippen LogP contribution < -0.4 is 4.74 Å². The van der Waals surface area contributed by atoms with Crippen LogP contribution in [0.4, 0.5) is 5.69 Å². The molecule has 2 N–H and O–H groups in total. The van der Waals surface area contributed by atoms with E-state index in [1.165, 1.54) is 12.1 Å². The number of carboxylic acids is 1. The zero-order valence-electron chi connectivity index (χ0n) is 14.2. The van der Waals surface area contributed by atoms with Gasteiger partial charge in [-0.1, -0.05) is 26.2 Å². The molecule has 2 aromatic rings. The predicted molar refractivity (Wildman–Crippen MR) is 96.0 cm³/mol. The second kappa shape index (κ2) is 8.15. The molecule has 1 atom stereocenters. The van der Waals surface area contributed by atoms with Gasteiger partial charge in [0.2, 0.25) is 0 Å². The molecular formula is C17H21NO6S. The highest BCUT2D eigenvalue weighted by molar-refractivity contribution is 7.21. The Balaban J connectivity index is 2.30. The number of aromatic carboxylic acids is 1. The van der Waals surface area contributed by atoms with Gasteiger partial charge in [0.15, 0.2) is 10.6 Å². The van der Waals surface area contributed by atoms with Crippen molar-refractivity contribution in [3.05, 3.63) is 27.1 Å². The molecule has 0 saturated heterocycles. The number of carboxylic acid groups (broad SMARTS) is 1. The summed E-state index contributed by atoms with van der Waals surface area (Å²) in [4.78, 5) is 21.6. The molecular weight excluding hydrogens is 346 g/mol. The number of nitro groups is 1. The van der Waals surface area contributed by atoms with Crippen LogP contribution >= 0.6 is 11.3 Å². The third kappa shape index (κ3) is 4.39. The number of rotatable bonds is 9. The molecule has 0 aliphatic heterocycles. The van der Waals surface area contributed by atoms with Crippen molar-refractivity contribution in [2.45, 2.75) is 52.1 Å². The minimum absolute atomic E-state index is 0.0960. The van der Waals surface area contributed by atoms with Crippen LogP contribution in [0.2, 0.25) is 0 Å². The molecule has 0 aliphatic rings. The number of carbonyl (C=O) groups is 1. The first-order valence-electron chi connectivity index (χ1n) is 8.19. The molecule has 136 valence electrons. The average Bonchev–Trinajstić information content (AvgIpc) is 2.87. The van der Waals surface area contributed by atoms with E-state index < -0.39 is 16.6 Å². The van der Waals surface area contributed by atoms with Crippen molar-refractivity contribution in [2.75, 3.05) is 0 Å². The van der Waals surface area contributed by atoms with Gasteiger partial charge in [0.1, 0.15) is 5.75 Å². The number of thiophene rings is 1. The topological polar surface area (TPSA) is 110 Å². The van der Waals surface area contributed by atoms with Crippen molar-refractivity contribution >= 4 is 33.1 Å². The first-order chi connectivity index (χ1) is 11.8. The molecule has 0 aliphatic carbocycles. The van der Waals surface area contributed by atoms with Gasteiger partial charge >= 0.3 is 11.7 Å². The Hall–Kier alpha value is -2.35. The highest BCUT2D eigenvalue weighted by atomic mass is 32.1. The van der Waals surface area contributed by atoms with Gasteiger partial charge in [-0.2, -0.15) is 0 Å². The van der Waals surface area contributed by atoms with E-state index in [-0.39, 0.29) is 27.8 Å². The predicted octanol–water partition coefficient (Wildman–Crippen LogP) is 4.95. The standard InChI is InChI=1S/C17H21NO6S/c1-3-4-5-6-7-10(2)24-13-9-14-11(8-12(13)18(22)23)15(19)16(25-14)17(20)21/h8-10,19H,3-7H2,1-2H3,(H,20,21). The monoisotopic (exact) mass is 367 g/mol. The van der Waals surface area contributed by atoms with E-state index >= 15 is 0 Å². The van der Waals surface area contributed by atoms with Gasteiger partial charge in [-0.3, -0.25) is 10.1 Å². The fourth-order valence-corrected chi connectivity index (χ4v) is 3.56. The van der Waals surface area contributed by atoms with Crippen molar-refractivity contribution in [3.8, 4) is 11.5 Å². The van der Waals surface area contributed by atoms with Crippen molar-refractivity contribution in [1.82, 2.24) is 0 Å². The van der Waals surface area contributed by atoms with Gasteiger partial charge in [-0.05, 0) is 19.8 Å². The van der Waals surface area contributed by atoms with Crippen LogP contribution in [0.1, 0.15) is 55.6 Å². The molecule has 0 fully saturated rings. The van der Waals surface area contributed by atoms with Crippen LogP contribution in [0.5, 0.6) is 11.5 Å². The van der Waals surface area contributed by atoms with Crippen LogP contribution in [0.3, 0.4) is 0 Å². The van der Waals surface area contributed by atoms with Gasteiger partial charge in [0, 0.05) is 22.2 Å². The normalized spacial score (nSPS) is 12.2. The van der Waals surface area contributed by atoms with E-state index in [2.05, 4.69) is 6.92 Å². The summed E-state index contributed by atoms with van der Waals surface area (Å²) in [5.74, 6) is -1.62. The molecule has 7 nitrogen and oxygen atoms in total. The van der Waals surface area contributed by atoms with E-state index in [9.17, 15) is 20.0 Å². The number of ether oxygens (including phenoxy) is 1. The number of benzene rings is 1. The number of hydrogen-bond donors (Lipinski definition) is 2. The summed E-state index contributed by atoms with van der Waals surface area (Å²) in [7, 11) is 0.